The van der Waals surface area contributed by atoms with E-state index in [0.29, 0.717) is 38.0 Å². The minimum absolute atomic E-state index is 0.0409. The summed E-state index contributed by atoms with van der Waals surface area (Å²) in [6.07, 6.45) is 2.92. The first kappa shape index (κ1) is 24.5. The number of ether oxygens (including phenoxy) is 1. The normalized spacial score (nSPS) is 17.0. The van der Waals surface area contributed by atoms with Crippen LogP contribution in [-0.4, -0.2) is 58.4 Å². The van der Waals surface area contributed by atoms with E-state index in [2.05, 4.69) is 15.5 Å². The van der Waals surface area contributed by atoms with Crippen LogP contribution in [0.2, 0.25) is 0 Å². The van der Waals surface area contributed by atoms with Crippen LogP contribution in [0.15, 0.2) is 36.4 Å². The van der Waals surface area contributed by atoms with Gasteiger partial charge in [0.05, 0.1) is 18.8 Å². The maximum absolute atomic E-state index is 13.2. The van der Waals surface area contributed by atoms with Gasteiger partial charge in [-0.15, -0.1) is 10.2 Å². The minimum Gasteiger partial charge on any atom is -0.372 e. The molecule has 1 aliphatic rings. The van der Waals surface area contributed by atoms with Gasteiger partial charge in [-0.3, -0.25) is 9.59 Å². The fourth-order valence-corrected chi connectivity index (χ4v) is 3.84. The smallest absolute Gasteiger partial charge is 0.274 e. The fourth-order valence-electron chi connectivity index (χ4n) is 3.84. The van der Waals surface area contributed by atoms with Gasteiger partial charge < -0.3 is 19.7 Å². The lowest BCUT2D eigenvalue weighted by molar-refractivity contribution is -0.109. The molecule has 1 aliphatic heterocycles. The van der Waals surface area contributed by atoms with Crippen LogP contribution in [0.3, 0.4) is 0 Å². The molecule has 0 bridgehead atoms. The second kappa shape index (κ2) is 11.7. The van der Waals surface area contributed by atoms with Crippen LogP contribution in [-0.2, 0) is 22.6 Å². The van der Waals surface area contributed by atoms with Crippen molar-refractivity contribution in [2.24, 2.45) is 5.92 Å². The molecule has 8 nitrogen and oxygen atoms in total. The molecule has 1 aromatic carbocycles. The van der Waals surface area contributed by atoms with Crippen molar-refractivity contribution in [3.8, 4) is 0 Å². The van der Waals surface area contributed by atoms with Gasteiger partial charge in [0.25, 0.3) is 11.8 Å². The third kappa shape index (κ3) is 6.92. The molecule has 2 atom stereocenters. The standard InChI is InChI=1S/C25H32N4O4/c1-17(2)12-20-13-22(27-28-23(20)24(31)26-18(3)15-30)25(32)29-11-7-10-21(14-29)33-16-19-8-5-4-6-9-19/h4-6,8-9,13,15,17-18,21H,7,10-12,14,16H2,1-3H3,(H,26,31)/t18-,21+/m0/s1. The number of benzene rings is 1. The molecular weight excluding hydrogens is 420 g/mol. The molecule has 0 aliphatic carbocycles. The summed E-state index contributed by atoms with van der Waals surface area (Å²) in [5.41, 5.74) is 2.11. The maximum atomic E-state index is 13.2. The van der Waals surface area contributed by atoms with Crippen LogP contribution < -0.4 is 5.32 Å². The Balaban J connectivity index is 1.71. The van der Waals surface area contributed by atoms with E-state index < -0.39 is 11.9 Å². The summed E-state index contributed by atoms with van der Waals surface area (Å²) in [5.74, 6) is -0.434. The first-order chi connectivity index (χ1) is 15.9. The number of hydrogen-bond acceptors (Lipinski definition) is 6. The van der Waals surface area contributed by atoms with Gasteiger partial charge in [-0.2, -0.15) is 0 Å². The number of likely N-dealkylation sites (tertiary alicyclic amines) is 1. The topological polar surface area (TPSA) is 101 Å². The number of hydrogen-bond donors (Lipinski definition) is 1. The average Bonchev–Trinajstić information content (AvgIpc) is 2.82. The Morgan fingerprint density at radius 2 is 1.97 bits per heavy atom. The highest BCUT2D eigenvalue weighted by Gasteiger charge is 2.27. The van der Waals surface area contributed by atoms with Gasteiger partial charge in [0.1, 0.15) is 6.29 Å². The molecule has 2 aromatic rings. The number of piperidine rings is 1. The van der Waals surface area contributed by atoms with E-state index >= 15 is 0 Å². The number of nitrogens with zero attached hydrogens (tertiary/aromatic N) is 3. The largest absolute Gasteiger partial charge is 0.372 e. The summed E-state index contributed by atoms with van der Waals surface area (Å²) < 4.78 is 6.05. The number of rotatable bonds is 9. The number of carbonyl (C=O) groups is 3. The number of nitrogens with one attached hydrogen (secondary N) is 1. The van der Waals surface area contributed by atoms with Crippen LogP contribution in [0.25, 0.3) is 0 Å². The van der Waals surface area contributed by atoms with Crippen molar-refractivity contribution in [3.05, 3.63) is 58.9 Å². The molecule has 0 radical (unpaired) electrons. The first-order valence-corrected chi connectivity index (χ1v) is 11.4. The van der Waals surface area contributed by atoms with Gasteiger partial charge in [-0.05, 0) is 49.3 Å². The molecular formula is C25H32N4O4. The van der Waals surface area contributed by atoms with E-state index in [1.165, 1.54) is 0 Å². The summed E-state index contributed by atoms with van der Waals surface area (Å²) in [7, 11) is 0. The van der Waals surface area contributed by atoms with E-state index in [4.69, 9.17) is 4.74 Å². The maximum Gasteiger partial charge on any atom is 0.274 e. The number of carbonyl (C=O) groups excluding carboxylic acids is 3. The monoisotopic (exact) mass is 452 g/mol. The highest BCUT2D eigenvalue weighted by molar-refractivity contribution is 5.97. The van der Waals surface area contributed by atoms with Crippen LogP contribution in [0.4, 0.5) is 0 Å². The Kier molecular flexibility index (Phi) is 8.65. The Morgan fingerprint density at radius 3 is 2.67 bits per heavy atom. The molecule has 0 saturated carbocycles. The van der Waals surface area contributed by atoms with Crippen molar-refractivity contribution in [1.82, 2.24) is 20.4 Å². The molecule has 2 heterocycles. The predicted molar refractivity (Wildman–Crippen MR) is 124 cm³/mol. The van der Waals surface area contributed by atoms with Crippen molar-refractivity contribution < 1.29 is 19.1 Å². The summed E-state index contributed by atoms with van der Waals surface area (Å²) in [6, 6.07) is 11.0. The van der Waals surface area contributed by atoms with Crippen LogP contribution >= 0.6 is 0 Å². The molecule has 2 amide bonds. The molecule has 1 saturated heterocycles. The molecule has 33 heavy (non-hydrogen) atoms. The van der Waals surface area contributed by atoms with Gasteiger partial charge >= 0.3 is 0 Å². The van der Waals surface area contributed by atoms with Crippen LogP contribution in [0.5, 0.6) is 0 Å². The van der Waals surface area contributed by atoms with Crippen molar-refractivity contribution in [3.63, 3.8) is 0 Å². The minimum atomic E-state index is -0.631. The first-order valence-electron chi connectivity index (χ1n) is 11.4. The van der Waals surface area contributed by atoms with Gasteiger partial charge in [0.2, 0.25) is 0 Å². The quantitative estimate of drug-likeness (QED) is 0.587. The third-order valence-electron chi connectivity index (χ3n) is 5.49. The van der Waals surface area contributed by atoms with E-state index in [1.807, 2.05) is 44.2 Å². The Labute approximate surface area is 194 Å². The Morgan fingerprint density at radius 1 is 1.21 bits per heavy atom. The van der Waals surface area contributed by atoms with Crippen molar-refractivity contribution in [1.29, 1.82) is 0 Å². The van der Waals surface area contributed by atoms with Crippen molar-refractivity contribution in [2.45, 2.75) is 58.8 Å². The molecule has 1 aromatic heterocycles. The molecule has 0 unspecified atom stereocenters. The van der Waals surface area contributed by atoms with Crippen molar-refractivity contribution in [2.75, 3.05) is 13.1 Å². The molecule has 3 rings (SSSR count). The van der Waals surface area contributed by atoms with Gasteiger partial charge in [-0.25, -0.2) is 0 Å². The zero-order valence-electron chi connectivity index (χ0n) is 19.5. The summed E-state index contributed by atoms with van der Waals surface area (Å²) >= 11 is 0. The number of amides is 2. The van der Waals surface area contributed by atoms with Crippen LogP contribution in [0.1, 0.15) is 65.7 Å². The zero-order valence-corrected chi connectivity index (χ0v) is 19.5. The number of aldehydes is 1. The lowest BCUT2D eigenvalue weighted by Crippen LogP contribution is -2.43. The third-order valence-corrected chi connectivity index (χ3v) is 5.49. The van der Waals surface area contributed by atoms with Crippen molar-refractivity contribution >= 4 is 18.1 Å². The van der Waals surface area contributed by atoms with E-state index in [-0.39, 0.29) is 29.3 Å². The molecule has 0 spiro atoms. The van der Waals surface area contributed by atoms with E-state index in [9.17, 15) is 14.4 Å². The molecule has 1 fully saturated rings. The molecule has 176 valence electrons. The van der Waals surface area contributed by atoms with Crippen LogP contribution in [0, 0.1) is 5.92 Å². The SMILES string of the molecule is CC(C)Cc1cc(C(=O)N2CCC[C@@H](OCc3ccccc3)C2)nnc1C(=O)N[C@@H](C)C=O. The zero-order chi connectivity index (χ0) is 23.8. The predicted octanol–water partition coefficient (Wildman–Crippen LogP) is 2.81. The van der Waals surface area contributed by atoms with E-state index in [1.54, 1.807) is 17.9 Å². The summed E-state index contributed by atoms with van der Waals surface area (Å²) in [4.78, 5) is 38.4. The van der Waals surface area contributed by atoms with Gasteiger partial charge in [-0.1, -0.05) is 44.2 Å². The second-order valence-corrected chi connectivity index (χ2v) is 8.91. The molecule has 1 N–H and O–H groups in total. The average molecular weight is 453 g/mol. The highest BCUT2D eigenvalue weighted by atomic mass is 16.5. The summed E-state index contributed by atoms with van der Waals surface area (Å²) in [6.45, 7) is 7.27. The number of aromatic nitrogens is 2. The van der Waals surface area contributed by atoms with Gasteiger partial charge in [0, 0.05) is 13.1 Å². The lowest BCUT2D eigenvalue weighted by atomic mass is 10.00. The lowest BCUT2D eigenvalue weighted by Gasteiger charge is -2.32. The molecule has 8 heteroatoms. The Hall–Kier alpha value is -3.13. The summed E-state index contributed by atoms with van der Waals surface area (Å²) in [5, 5.41) is 10.7. The second-order valence-electron chi connectivity index (χ2n) is 8.91. The highest BCUT2D eigenvalue weighted by Crippen LogP contribution is 2.19. The fraction of sp³-hybridized carbons (Fsp3) is 0.480. The Bertz CT molecular complexity index is 964. The van der Waals surface area contributed by atoms with Gasteiger partial charge in [0.15, 0.2) is 11.4 Å². The van der Waals surface area contributed by atoms with E-state index in [0.717, 1.165) is 18.4 Å².